The largest absolute Gasteiger partial charge is 0.493 e. The number of aromatic nitrogens is 4. The Morgan fingerprint density at radius 2 is 1.78 bits per heavy atom. The SMILES string of the molecule is CN1CCN(C(=O)c2cc3cc(Nc4nccc(-c5cc(OCC(C)(C)C)ccn5)n4)ccc3[nH]2)CC1. The summed E-state index contributed by atoms with van der Waals surface area (Å²) in [5.41, 5.74) is 3.82. The molecule has 0 unspecified atom stereocenters. The van der Waals surface area contributed by atoms with Crippen LogP contribution in [-0.4, -0.2) is 75.5 Å². The Balaban J connectivity index is 1.31. The topological polar surface area (TPSA) is 99.3 Å². The zero-order valence-corrected chi connectivity index (χ0v) is 21.8. The van der Waals surface area contributed by atoms with Crippen LogP contribution in [0.25, 0.3) is 22.3 Å². The Bertz CT molecular complexity index is 1400. The average molecular weight is 500 g/mol. The molecule has 5 rings (SSSR count). The summed E-state index contributed by atoms with van der Waals surface area (Å²) < 4.78 is 5.93. The van der Waals surface area contributed by atoms with Crippen LogP contribution in [-0.2, 0) is 0 Å². The van der Waals surface area contributed by atoms with E-state index in [9.17, 15) is 4.79 Å². The maximum Gasteiger partial charge on any atom is 0.270 e. The highest BCUT2D eigenvalue weighted by Crippen LogP contribution is 2.25. The van der Waals surface area contributed by atoms with Gasteiger partial charge in [0.25, 0.3) is 5.91 Å². The molecular weight excluding hydrogens is 466 g/mol. The number of fused-ring (bicyclic) bond motifs is 1. The monoisotopic (exact) mass is 499 g/mol. The van der Waals surface area contributed by atoms with E-state index in [4.69, 9.17) is 4.74 Å². The molecule has 2 N–H and O–H groups in total. The van der Waals surface area contributed by atoms with Crippen molar-refractivity contribution in [3.8, 4) is 17.1 Å². The van der Waals surface area contributed by atoms with Crippen LogP contribution in [0.4, 0.5) is 11.6 Å². The average Bonchev–Trinajstić information content (AvgIpc) is 3.31. The number of carbonyl (C=O) groups excluding carboxylic acids is 1. The second-order valence-electron chi connectivity index (χ2n) is 10.7. The summed E-state index contributed by atoms with van der Waals surface area (Å²) in [4.78, 5) is 33.9. The molecule has 1 fully saturated rings. The van der Waals surface area contributed by atoms with Gasteiger partial charge >= 0.3 is 0 Å². The molecule has 0 radical (unpaired) electrons. The molecule has 1 aliphatic rings. The lowest BCUT2D eigenvalue weighted by Crippen LogP contribution is -2.47. The van der Waals surface area contributed by atoms with E-state index >= 15 is 0 Å². The van der Waals surface area contributed by atoms with Crippen molar-refractivity contribution in [2.75, 3.05) is 45.2 Å². The molecule has 37 heavy (non-hydrogen) atoms. The van der Waals surface area contributed by atoms with Crippen molar-refractivity contribution in [2.45, 2.75) is 20.8 Å². The summed E-state index contributed by atoms with van der Waals surface area (Å²) in [6.45, 7) is 10.3. The minimum atomic E-state index is 0.0380. The molecule has 1 aromatic carbocycles. The van der Waals surface area contributed by atoms with Gasteiger partial charge in [0.15, 0.2) is 0 Å². The first kappa shape index (κ1) is 24.7. The molecule has 3 aromatic heterocycles. The van der Waals surface area contributed by atoms with Crippen molar-refractivity contribution in [3.63, 3.8) is 0 Å². The van der Waals surface area contributed by atoms with Crippen molar-refractivity contribution in [3.05, 3.63) is 60.6 Å². The van der Waals surface area contributed by atoms with Gasteiger partial charge in [-0.2, -0.15) is 0 Å². The molecule has 192 valence electrons. The third-order valence-electron chi connectivity index (χ3n) is 6.22. The Morgan fingerprint density at radius 1 is 1.00 bits per heavy atom. The number of piperazine rings is 1. The Labute approximate surface area is 216 Å². The first-order valence-electron chi connectivity index (χ1n) is 12.5. The predicted molar refractivity (Wildman–Crippen MR) is 145 cm³/mol. The summed E-state index contributed by atoms with van der Waals surface area (Å²) in [7, 11) is 2.08. The summed E-state index contributed by atoms with van der Waals surface area (Å²) in [6, 6.07) is 13.4. The van der Waals surface area contributed by atoms with Gasteiger partial charge in [0.05, 0.1) is 18.0 Å². The molecule has 0 atom stereocenters. The second kappa shape index (κ2) is 10.2. The highest BCUT2D eigenvalue weighted by Gasteiger charge is 2.21. The molecule has 4 aromatic rings. The predicted octanol–water partition coefficient (Wildman–Crippen LogP) is 4.58. The van der Waals surface area contributed by atoms with Gasteiger partial charge in [0.1, 0.15) is 11.4 Å². The maximum atomic E-state index is 13.0. The lowest BCUT2D eigenvalue weighted by molar-refractivity contribution is 0.0659. The quantitative estimate of drug-likeness (QED) is 0.401. The van der Waals surface area contributed by atoms with Crippen LogP contribution in [0.15, 0.2) is 54.9 Å². The lowest BCUT2D eigenvalue weighted by Gasteiger charge is -2.32. The van der Waals surface area contributed by atoms with Crippen molar-refractivity contribution >= 4 is 28.4 Å². The van der Waals surface area contributed by atoms with E-state index in [2.05, 4.69) is 58.0 Å². The number of benzene rings is 1. The highest BCUT2D eigenvalue weighted by atomic mass is 16.5. The van der Waals surface area contributed by atoms with Gasteiger partial charge in [-0.15, -0.1) is 0 Å². The van der Waals surface area contributed by atoms with E-state index in [1.165, 1.54) is 0 Å². The summed E-state index contributed by atoms with van der Waals surface area (Å²) in [5.74, 6) is 1.26. The molecular formula is C28H33N7O2. The van der Waals surface area contributed by atoms with Crippen LogP contribution in [0.1, 0.15) is 31.3 Å². The molecule has 9 heteroatoms. The van der Waals surface area contributed by atoms with E-state index in [1.807, 2.05) is 47.4 Å². The van der Waals surface area contributed by atoms with Crippen LogP contribution in [0.3, 0.4) is 0 Å². The number of anilines is 2. The number of carbonyl (C=O) groups is 1. The van der Waals surface area contributed by atoms with Crippen LogP contribution in [0.2, 0.25) is 0 Å². The standard InChI is InChI=1S/C28H33N7O2/c1-28(2,3)18-37-21-7-9-29-24(17-21)23-8-10-30-27(33-23)31-20-5-6-22-19(15-20)16-25(32-22)26(36)35-13-11-34(4)12-14-35/h5-10,15-17,32H,11-14,18H2,1-4H3,(H,30,31,33). The van der Waals surface area contributed by atoms with Crippen LogP contribution in [0, 0.1) is 5.41 Å². The minimum Gasteiger partial charge on any atom is -0.493 e. The molecule has 0 aliphatic carbocycles. The summed E-state index contributed by atoms with van der Waals surface area (Å²) in [6.07, 6.45) is 3.43. The molecule has 9 nitrogen and oxygen atoms in total. The molecule has 0 bridgehead atoms. The fourth-order valence-corrected chi connectivity index (χ4v) is 4.14. The first-order valence-corrected chi connectivity index (χ1v) is 12.5. The number of ether oxygens (including phenoxy) is 1. The molecule has 0 spiro atoms. The van der Waals surface area contributed by atoms with Gasteiger partial charge in [-0.25, -0.2) is 9.97 Å². The number of likely N-dealkylation sites (N-methyl/N-ethyl adjacent to an activating group) is 1. The summed E-state index contributed by atoms with van der Waals surface area (Å²) in [5, 5.41) is 4.22. The van der Waals surface area contributed by atoms with Gasteiger partial charge in [-0.05, 0) is 48.9 Å². The zero-order valence-electron chi connectivity index (χ0n) is 21.8. The normalized spacial score (nSPS) is 14.6. The third-order valence-corrected chi connectivity index (χ3v) is 6.22. The van der Waals surface area contributed by atoms with Crippen molar-refractivity contribution < 1.29 is 9.53 Å². The number of hydrogen-bond donors (Lipinski definition) is 2. The lowest BCUT2D eigenvalue weighted by atomic mass is 9.99. The Kier molecular flexibility index (Phi) is 6.80. The molecule has 1 amide bonds. The van der Waals surface area contributed by atoms with E-state index in [1.54, 1.807) is 12.4 Å². The van der Waals surface area contributed by atoms with Crippen LogP contribution in [0.5, 0.6) is 5.75 Å². The van der Waals surface area contributed by atoms with Crippen molar-refractivity contribution in [1.29, 1.82) is 0 Å². The number of pyridine rings is 1. The fourth-order valence-electron chi connectivity index (χ4n) is 4.14. The molecule has 1 saturated heterocycles. The highest BCUT2D eigenvalue weighted by molar-refractivity contribution is 5.98. The first-order chi connectivity index (χ1) is 17.7. The number of H-pyrrole nitrogens is 1. The second-order valence-corrected chi connectivity index (χ2v) is 10.7. The van der Waals surface area contributed by atoms with Gasteiger partial charge in [-0.1, -0.05) is 20.8 Å². The summed E-state index contributed by atoms with van der Waals surface area (Å²) >= 11 is 0. The van der Waals surface area contributed by atoms with Crippen LogP contribution >= 0.6 is 0 Å². The Morgan fingerprint density at radius 3 is 2.57 bits per heavy atom. The van der Waals surface area contributed by atoms with Crippen molar-refractivity contribution in [1.82, 2.24) is 29.7 Å². The van der Waals surface area contributed by atoms with E-state index in [0.29, 0.717) is 29.6 Å². The number of nitrogens with one attached hydrogen (secondary N) is 2. The number of nitrogens with zero attached hydrogens (tertiary/aromatic N) is 5. The maximum absolute atomic E-state index is 13.0. The molecule has 1 aliphatic heterocycles. The van der Waals surface area contributed by atoms with Gasteiger partial charge in [0.2, 0.25) is 5.95 Å². The number of rotatable bonds is 6. The third kappa shape index (κ3) is 6.06. The van der Waals surface area contributed by atoms with Gasteiger partial charge in [0, 0.05) is 61.2 Å². The van der Waals surface area contributed by atoms with E-state index in [0.717, 1.165) is 48.5 Å². The zero-order chi connectivity index (χ0) is 26.0. The van der Waals surface area contributed by atoms with Crippen LogP contribution < -0.4 is 10.1 Å². The van der Waals surface area contributed by atoms with E-state index in [-0.39, 0.29) is 11.3 Å². The van der Waals surface area contributed by atoms with Crippen molar-refractivity contribution in [2.24, 2.45) is 5.41 Å². The number of amides is 1. The van der Waals surface area contributed by atoms with Gasteiger partial charge < -0.3 is 24.8 Å². The number of aromatic amines is 1. The van der Waals surface area contributed by atoms with Gasteiger partial charge in [-0.3, -0.25) is 9.78 Å². The molecule has 4 heterocycles. The Hall–Kier alpha value is -3.98. The smallest absolute Gasteiger partial charge is 0.270 e. The molecule has 0 saturated carbocycles. The number of hydrogen-bond acceptors (Lipinski definition) is 7. The van der Waals surface area contributed by atoms with E-state index < -0.39 is 0 Å². The fraction of sp³-hybridized carbons (Fsp3) is 0.357. The minimum absolute atomic E-state index is 0.0380.